The normalized spacial score (nSPS) is 20.2. The molecule has 2 rings (SSSR count). The van der Waals surface area contributed by atoms with Gasteiger partial charge in [-0.3, -0.25) is 4.79 Å². The summed E-state index contributed by atoms with van der Waals surface area (Å²) in [7, 11) is 0. The van der Waals surface area contributed by atoms with Gasteiger partial charge in [-0.25, -0.2) is 0 Å². The van der Waals surface area contributed by atoms with E-state index in [2.05, 4.69) is 43.4 Å². The van der Waals surface area contributed by atoms with E-state index < -0.39 is 0 Å². The Morgan fingerprint density at radius 2 is 2.16 bits per heavy atom. The maximum atomic E-state index is 11.8. The number of carbonyl (C=O) groups is 1. The molecule has 19 heavy (non-hydrogen) atoms. The second-order valence-electron chi connectivity index (χ2n) is 5.27. The number of benzene rings is 1. The number of nitrogens with one attached hydrogen (secondary N) is 1. The Bertz CT molecular complexity index is 407. The van der Waals surface area contributed by atoms with E-state index in [4.69, 9.17) is 4.74 Å². The fraction of sp³-hybridized carbons (Fsp3) is 0.562. The molecular weight excluding hydrogens is 238 g/mol. The third-order valence-corrected chi connectivity index (χ3v) is 3.85. The quantitative estimate of drug-likeness (QED) is 0.885. The average Bonchev–Trinajstić information content (AvgIpc) is 2.98. The van der Waals surface area contributed by atoms with E-state index in [-0.39, 0.29) is 12.0 Å². The molecule has 1 aliphatic rings. The van der Waals surface area contributed by atoms with Gasteiger partial charge in [-0.2, -0.15) is 0 Å². The van der Waals surface area contributed by atoms with Crippen LogP contribution >= 0.6 is 0 Å². The Labute approximate surface area is 115 Å². The maximum absolute atomic E-state index is 11.8. The zero-order valence-corrected chi connectivity index (χ0v) is 11.8. The summed E-state index contributed by atoms with van der Waals surface area (Å²) in [4.78, 5) is 11.8. The van der Waals surface area contributed by atoms with E-state index in [1.54, 1.807) is 0 Å². The van der Waals surface area contributed by atoms with Crippen molar-refractivity contribution in [2.45, 2.75) is 51.7 Å². The Kier molecular flexibility index (Phi) is 4.97. The summed E-state index contributed by atoms with van der Waals surface area (Å²) in [6, 6.07) is 8.50. The van der Waals surface area contributed by atoms with Crippen LogP contribution in [0.5, 0.6) is 0 Å². The summed E-state index contributed by atoms with van der Waals surface area (Å²) in [6.45, 7) is 5.72. The largest absolute Gasteiger partial charge is 0.368 e. The predicted octanol–water partition coefficient (Wildman–Crippen LogP) is 3.00. The molecule has 1 N–H and O–H groups in total. The van der Waals surface area contributed by atoms with E-state index >= 15 is 0 Å². The molecule has 3 nitrogen and oxygen atoms in total. The van der Waals surface area contributed by atoms with Gasteiger partial charge in [-0.15, -0.1) is 0 Å². The first-order valence-corrected chi connectivity index (χ1v) is 7.19. The van der Waals surface area contributed by atoms with Crippen LogP contribution in [0.1, 0.15) is 50.2 Å². The van der Waals surface area contributed by atoms with Crippen LogP contribution < -0.4 is 5.32 Å². The summed E-state index contributed by atoms with van der Waals surface area (Å²) in [5, 5.41) is 2.94. The molecule has 0 spiro atoms. The lowest BCUT2D eigenvalue weighted by atomic mass is 9.98. The SMILES string of the molecule is CCC(C)c1ccc(CNC(=O)C2CCCO2)cc1. The summed E-state index contributed by atoms with van der Waals surface area (Å²) >= 11 is 0. The standard InChI is InChI=1S/C16H23NO2/c1-3-12(2)14-8-6-13(7-9-14)11-17-16(18)15-5-4-10-19-15/h6-9,12,15H,3-5,10-11H2,1-2H3,(H,17,18). The molecule has 104 valence electrons. The van der Waals surface area contributed by atoms with Gasteiger partial charge in [0.25, 0.3) is 0 Å². The topological polar surface area (TPSA) is 38.3 Å². The first kappa shape index (κ1) is 14.1. The molecular formula is C16H23NO2. The molecule has 1 amide bonds. The van der Waals surface area contributed by atoms with Gasteiger partial charge in [0.05, 0.1) is 0 Å². The lowest BCUT2D eigenvalue weighted by Gasteiger charge is -2.12. The van der Waals surface area contributed by atoms with Crippen LogP contribution in [0.15, 0.2) is 24.3 Å². The summed E-state index contributed by atoms with van der Waals surface area (Å²) in [6.07, 6.45) is 2.75. The minimum absolute atomic E-state index is 0.0171. The molecule has 1 aromatic rings. The minimum Gasteiger partial charge on any atom is -0.368 e. The fourth-order valence-corrected chi connectivity index (χ4v) is 2.29. The van der Waals surface area contributed by atoms with Crippen molar-refractivity contribution in [3.63, 3.8) is 0 Å². The fourth-order valence-electron chi connectivity index (χ4n) is 2.29. The van der Waals surface area contributed by atoms with Crippen LogP contribution in [0.25, 0.3) is 0 Å². The molecule has 0 aromatic heterocycles. The lowest BCUT2D eigenvalue weighted by molar-refractivity contribution is -0.130. The molecule has 0 radical (unpaired) electrons. The molecule has 1 fully saturated rings. The lowest BCUT2D eigenvalue weighted by Crippen LogP contribution is -2.33. The molecule has 0 aliphatic carbocycles. The minimum atomic E-state index is -0.237. The molecule has 3 heteroatoms. The van der Waals surface area contributed by atoms with Gasteiger partial charge < -0.3 is 10.1 Å². The van der Waals surface area contributed by atoms with Crippen LogP contribution in [-0.2, 0) is 16.1 Å². The van der Waals surface area contributed by atoms with Crippen molar-refractivity contribution in [2.75, 3.05) is 6.61 Å². The summed E-state index contributed by atoms with van der Waals surface area (Å²) in [5.41, 5.74) is 2.50. The molecule has 0 bridgehead atoms. The van der Waals surface area contributed by atoms with Crippen molar-refractivity contribution < 1.29 is 9.53 Å². The zero-order valence-electron chi connectivity index (χ0n) is 11.8. The summed E-state index contributed by atoms with van der Waals surface area (Å²) < 4.78 is 5.36. The number of ether oxygens (including phenoxy) is 1. The van der Waals surface area contributed by atoms with Crippen molar-refractivity contribution in [1.82, 2.24) is 5.32 Å². The molecule has 0 saturated carbocycles. The van der Waals surface area contributed by atoms with Gasteiger partial charge in [0.2, 0.25) is 5.91 Å². The van der Waals surface area contributed by atoms with Gasteiger partial charge in [-0.1, -0.05) is 38.1 Å². The number of carbonyl (C=O) groups excluding carboxylic acids is 1. The second-order valence-corrected chi connectivity index (χ2v) is 5.27. The van der Waals surface area contributed by atoms with Gasteiger partial charge in [0, 0.05) is 13.2 Å². The summed E-state index contributed by atoms with van der Waals surface area (Å²) in [5.74, 6) is 0.610. The Balaban J connectivity index is 1.84. The van der Waals surface area contributed by atoms with Crippen LogP contribution in [0.4, 0.5) is 0 Å². The van der Waals surface area contributed by atoms with Gasteiger partial charge >= 0.3 is 0 Å². The molecule has 2 atom stereocenters. The van der Waals surface area contributed by atoms with Gasteiger partial charge in [0.1, 0.15) is 6.10 Å². The smallest absolute Gasteiger partial charge is 0.249 e. The number of hydrogen-bond acceptors (Lipinski definition) is 2. The highest BCUT2D eigenvalue weighted by atomic mass is 16.5. The second kappa shape index (κ2) is 6.71. The van der Waals surface area contributed by atoms with E-state index in [9.17, 15) is 4.79 Å². The van der Waals surface area contributed by atoms with E-state index in [1.165, 1.54) is 5.56 Å². The average molecular weight is 261 g/mol. The number of rotatable bonds is 5. The van der Waals surface area contributed by atoms with Crippen molar-refractivity contribution in [1.29, 1.82) is 0 Å². The predicted molar refractivity (Wildman–Crippen MR) is 76.0 cm³/mol. The Morgan fingerprint density at radius 3 is 2.74 bits per heavy atom. The third kappa shape index (κ3) is 3.80. The Hall–Kier alpha value is -1.35. The van der Waals surface area contributed by atoms with Crippen molar-refractivity contribution in [2.24, 2.45) is 0 Å². The molecule has 1 heterocycles. The number of hydrogen-bond donors (Lipinski definition) is 1. The number of amides is 1. The van der Waals surface area contributed by atoms with Crippen molar-refractivity contribution in [3.05, 3.63) is 35.4 Å². The first-order valence-electron chi connectivity index (χ1n) is 7.19. The van der Waals surface area contributed by atoms with Gasteiger partial charge in [-0.05, 0) is 36.3 Å². The third-order valence-electron chi connectivity index (χ3n) is 3.85. The first-order chi connectivity index (χ1) is 9.20. The van der Waals surface area contributed by atoms with E-state index in [1.807, 2.05) is 0 Å². The van der Waals surface area contributed by atoms with E-state index in [0.717, 1.165) is 24.8 Å². The van der Waals surface area contributed by atoms with Crippen LogP contribution in [0.2, 0.25) is 0 Å². The van der Waals surface area contributed by atoms with Crippen LogP contribution in [0.3, 0.4) is 0 Å². The monoisotopic (exact) mass is 261 g/mol. The van der Waals surface area contributed by atoms with Crippen molar-refractivity contribution >= 4 is 5.91 Å². The highest BCUT2D eigenvalue weighted by Crippen LogP contribution is 2.18. The van der Waals surface area contributed by atoms with E-state index in [0.29, 0.717) is 19.1 Å². The highest BCUT2D eigenvalue weighted by molar-refractivity contribution is 5.80. The van der Waals surface area contributed by atoms with Crippen molar-refractivity contribution in [3.8, 4) is 0 Å². The molecule has 1 aliphatic heterocycles. The molecule has 2 unspecified atom stereocenters. The maximum Gasteiger partial charge on any atom is 0.249 e. The molecule has 1 aromatic carbocycles. The molecule has 1 saturated heterocycles. The van der Waals surface area contributed by atoms with Crippen LogP contribution in [-0.4, -0.2) is 18.6 Å². The zero-order chi connectivity index (χ0) is 13.7. The van der Waals surface area contributed by atoms with Gasteiger partial charge in [0.15, 0.2) is 0 Å². The highest BCUT2D eigenvalue weighted by Gasteiger charge is 2.22. The van der Waals surface area contributed by atoms with Crippen LogP contribution in [0, 0.1) is 0 Å². The Morgan fingerprint density at radius 1 is 1.42 bits per heavy atom.